The summed E-state index contributed by atoms with van der Waals surface area (Å²) in [6.45, 7) is 0.785. The molecule has 0 spiro atoms. The molecule has 0 radical (unpaired) electrons. The quantitative estimate of drug-likeness (QED) is 0.802. The van der Waals surface area contributed by atoms with Crippen LogP contribution in [0.5, 0.6) is 0 Å². The Labute approximate surface area is 121 Å². The van der Waals surface area contributed by atoms with E-state index in [0.717, 1.165) is 11.3 Å². The van der Waals surface area contributed by atoms with E-state index >= 15 is 0 Å². The van der Waals surface area contributed by atoms with Crippen LogP contribution < -0.4 is 5.73 Å². The van der Waals surface area contributed by atoms with Gasteiger partial charge in [0.1, 0.15) is 17.5 Å². The van der Waals surface area contributed by atoms with Crippen molar-refractivity contribution in [2.45, 2.75) is 13.0 Å². The van der Waals surface area contributed by atoms with E-state index in [1.807, 2.05) is 4.57 Å². The molecule has 0 fully saturated rings. The first-order chi connectivity index (χ1) is 10.2. The molecule has 1 aromatic heterocycles. The van der Waals surface area contributed by atoms with Crippen LogP contribution >= 0.6 is 0 Å². The Bertz CT molecular complexity index is 780. The summed E-state index contributed by atoms with van der Waals surface area (Å²) >= 11 is 0. The Hall–Kier alpha value is -2.27. The van der Waals surface area contributed by atoms with Crippen molar-refractivity contribution in [1.82, 2.24) is 9.55 Å². The van der Waals surface area contributed by atoms with Crippen molar-refractivity contribution in [3.05, 3.63) is 65.5 Å². The van der Waals surface area contributed by atoms with Gasteiger partial charge in [0, 0.05) is 18.1 Å². The van der Waals surface area contributed by atoms with E-state index in [1.54, 1.807) is 24.3 Å². The molecule has 3 aromatic rings. The molecule has 0 bridgehead atoms. The highest BCUT2D eigenvalue weighted by Crippen LogP contribution is 2.20. The summed E-state index contributed by atoms with van der Waals surface area (Å²) in [6.07, 6.45) is 0.560. The van der Waals surface area contributed by atoms with Crippen molar-refractivity contribution in [1.29, 1.82) is 0 Å². The maximum Gasteiger partial charge on any atom is 0.128 e. The van der Waals surface area contributed by atoms with Gasteiger partial charge in [-0.3, -0.25) is 0 Å². The van der Waals surface area contributed by atoms with Gasteiger partial charge in [0.15, 0.2) is 0 Å². The number of imidazole rings is 1. The second-order valence-corrected chi connectivity index (χ2v) is 4.88. The van der Waals surface area contributed by atoms with E-state index in [9.17, 15) is 8.78 Å². The molecular weight excluding hydrogens is 272 g/mol. The molecule has 0 aliphatic heterocycles. The first-order valence-electron chi connectivity index (χ1n) is 6.77. The van der Waals surface area contributed by atoms with Crippen molar-refractivity contribution in [2.24, 2.45) is 5.73 Å². The third-order valence-corrected chi connectivity index (χ3v) is 3.44. The molecule has 0 unspecified atom stereocenters. The summed E-state index contributed by atoms with van der Waals surface area (Å²) in [5.74, 6) is 0.138. The monoisotopic (exact) mass is 287 g/mol. The Morgan fingerprint density at radius 3 is 2.67 bits per heavy atom. The number of fused-ring (bicyclic) bond motifs is 1. The lowest BCUT2D eigenvalue weighted by Crippen LogP contribution is -2.11. The van der Waals surface area contributed by atoms with Crippen molar-refractivity contribution in [3.8, 4) is 0 Å². The van der Waals surface area contributed by atoms with Gasteiger partial charge in [0.25, 0.3) is 0 Å². The molecule has 21 heavy (non-hydrogen) atoms. The molecule has 2 N–H and O–H groups in total. The molecule has 0 saturated carbocycles. The zero-order valence-corrected chi connectivity index (χ0v) is 11.4. The maximum absolute atomic E-state index is 13.8. The van der Waals surface area contributed by atoms with E-state index in [2.05, 4.69) is 4.98 Å². The van der Waals surface area contributed by atoms with Crippen molar-refractivity contribution >= 4 is 11.0 Å². The van der Waals surface area contributed by atoms with Gasteiger partial charge in [-0.2, -0.15) is 0 Å². The molecule has 0 saturated heterocycles. The first-order valence-corrected chi connectivity index (χ1v) is 6.77. The Morgan fingerprint density at radius 1 is 1.10 bits per heavy atom. The second-order valence-electron chi connectivity index (χ2n) is 4.88. The van der Waals surface area contributed by atoms with Crippen molar-refractivity contribution < 1.29 is 8.78 Å². The zero-order valence-electron chi connectivity index (χ0n) is 11.4. The lowest BCUT2D eigenvalue weighted by Gasteiger charge is -2.09. The second kappa shape index (κ2) is 5.61. The topological polar surface area (TPSA) is 43.8 Å². The summed E-state index contributed by atoms with van der Waals surface area (Å²) in [5, 5.41) is 0. The van der Waals surface area contributed by atoms with Gasteiger partial charge < -0.3 is 10.3 Å². The van der Waals surface area contributed by atoms with Crippen LogP contribution in [0, 0.1) is 11.6 Å². The van der Waals surface area contributed by atoms with Gasteiger partial charge >= 0.3 is 0 Å². The summed E-state index contributed by atoms with van der Waals surface area (Å²) in [4.78, 5) is 4.41. The number of benzene rings is 2. The number of aromatic nitrogens is 2. The average molecular weight is 287 g/mol. The fourth-order valence-electron chi connectivity index (χ4n) is 2.45. The fourth-order valence-corrected chi connectivity index (χ4v) is 2.45. The van der Waals surface area contributed by atoms with Gasteiger partial charge in [-0.1, -0.05) is 18.2 Å². The molecule has 1 heterocycles. The van der Waals surface area contributed by atoms with E-state index in [-0.39, 0.29) is 11.6 Å². The van der Waals surface area contributed by atoms with Gasteiger partial charge in [0.05, 0.1) is 17.6 Å². The first kappa shape index (κ1) is 13.7. The molecule has 5 heteroatoms. The Morgan fingerprint density at radius 2 is 1.90 bits per heavy atom. The van der Waals surface area contributed by atoms with Crippen LogP contribution in [0.1, 0.15) is 11.4 Å². The van der Waals surface area contributed by atoms with E-state index in [1.165, 1.54) is 18.2 Å². The van der Waals surface area contributed by atoms with Gasteiger partial charge in [-0.15, -0.1) is 0 Å². The SMILES string of the molecule is NCCc1nc2cc(F)ccc2n1Cc1ccccc1F. The fraction of sp³-hybridized carbons (Fsp3) is 0.188. The highest BCUT2D eigenvalue weighted by Gasteiger charge is 2.12. The standard InChI is InChI=1S/C16H15F2N3/c17-12-5-6-15-14(9-12)20-16(7-8-19)21(15)10-11-3-1-2-4-13(11)18/h1-6,9H,7-8,10,19H2. The molecule has 0 aliphatic rings. The van der Waals surface area contributed by atoms with Crippen LogP contribution in [0.2, 0.25) is 0 Å². The minimum absolute atomic E-state index is 0.264. The lowest BCUT2D eigenvalue weighted by atomic mass is 10.2. The summed E-state index contributed by atoms with van der Waals surface area (Å²) in [6, 6.07) is 11.0. The van der Waals surface area contributed by atoms with Crippen LogP contribution in [0.4, 0.5) is 8.78 Å². The third kappa shape index (κ3) is 2.64. The highest BCUT2D eigenvalue weighted by molar-refractivity contribution is 5.76. The number of rotatable bonds is 4. The van der Waals surface area contributed by atoms with Crippen molar-refractivity contribution in [3.63, 3.8) is 0 Å². The minimum atomic E-state index is -0.336. The molecule has 108 valence electrons. The molecule has 0 aliphatic carbocycles. The predicted octanol–water partition coefficient (Wildman–Crippen LogP) is 2.86. The summed E-state index contributed by atoms with van der Waals surface area (Å²) < 4.78 is 29.1. The summed E-state index contributed by atoms with van der Waals surface area (Å²) in [7, 11) is 0. The van der Waals surface area contributed by atoms with Crippen LogP contribution in [-0.4, -0.2) is 16.1 Å². The van der Waals surface area contributed by atoms with Gasteiger partial charge in [0.2, 0.25) is 0 Å². The van der Waals surface area contributed by atoms with E-state index in [4.69, 9.17) is 5.73 Å². The number of halogens is 2. The average Bonchev–Trinajstić information content (AvgIpc) is 2.79. The number of nitrogens with zero attached hydrogens (tertiary/aromatic N) is 2. The molecule has 0 atom stereocenters. The van der Waals surface area contributed by atoms with Gasteiger partial charge in [-0.05, 0) is 24.7 Å². The molecule has 3 nitrogen and oxygen atoms in total. The molecule has 0 amide bonds. The summed E-state index contributed by atoms with van der Waals surface area (Å²) in [5.41, 5.74) is 7.52. The van der Waals surface area contributed by atoms with Crippen LogP contribution in [0.3, 0.4) is 0 Å². The van der Waals surface area contributed by atoms with E-state index < -0.39 is 0 Å². The number of hydrogen-bond acceptors (Lipinski definition) is 2. The van der Waals surface area contributed by atoms with Crippen LogP contribution in [0.25, 0.3) is 11.0 Å². The molecule has 2 aromatic carbocycles. The number of nitrogens with two attached hydrogens (primary N) is 1. The number of hydrogen-bond donors (Lipinski definition) is 1. The van der Waals surface area contributed by atoms with E-state index in [0.29, 0.717) is 30.6 Å². The van der Waals surface area contributed by atoms with Crippen LogP contribution in [0.15, 0.2) is 42.5 Å². The maximum atomic E-state index is 13.8. The van der Waals surface area contributed by atoms with Gasteiger partial charge in [-0.25, -0.2) is 13.8 Å². The van der Waals surface area contributed by atoms with Crippen molar-refractivity contribution in [2.75, 3.05) is 6.54 Å². The molecule has 3 rings (SSSR count). The van der Waals surface area contributed by atoms with Crippen LogP contribution in [-0.2, 0) is 13.0 Å². The Kier molecular flexibility index (Phi) is 3.66. The Balaban J connectivity index is 2.11. The zero-order chi connectivity index (χ0) is 14.8. The lowest BCUT2D eigenvalue weighted by molar-refractivity contribution is 0.597. The molecular formula is C16H15F2N3. The minimum Gasteiger partial charge on any atom is -0.330 e. The highest BCUT2D eigenvalue weighted by atomic mass is 19.1. The normalized spacial score (nSPS) is 11.2. The predicted molar refractivity (Wildman–Crippen MR) is 78.0 cm³/mol. The smallest absolute Gasteiger partial charge is 0.128 e. The largest absolute Gasteiger partial charge is 0.330 e. The third-order valence-electron chi connectivity index (χ3n) is 3.44.